The first-order valence-electron chi connectivity index (χ1n) is 3.22. The zero-order chi connectivity index (χ0) is 10.1. The molecule has 0 aliphatic rings. The van der Waals surface area contributed by atoms with E-state index in [1.165, 1.54) is 6.20 Å². The van der Waals surface area contributed by atoms with Gasteiger partial charge in [0.2, 0.25) is 8.13 Å². The van der Waals surface area contributed by atoms with Crippen molar-refractivity contribution in [3.63, 3.8) is 0 Å². The fourth-order valence-electron chi connectivity index (χ4n) is 0.694. The van der Waals surface area contributed by atoms with Crippen LogP contribution in [0.3, 0.4) is 0 Å². The Labute approximate surface area is 101 Å². The van der Waals surface area contributed by atoms with Crippen LogP contribution in [-0.4, -0.2) is 8.78 Å². The second-order valence-corrected chi connectivity index (χ2v) is 5.90. The van der Waals surface area contributed by atoms with Gasteiger partial charge in [-0.15, -0.1) is 0 Å². The molecule has 0 radical (unpaired) electrons. The Kier molecular flexibility index (Phi) is 3.59. The molecule has 0 aliphatic heterocycles. The summed E-state index contributed by atoms with van der Waals surface area (Å²) < 4.78 is -3.45. The number of rotatable bonds is 1. The fraction of sp³-hybridized carbons (Fsp3) is 0.286. The van der Waals surface area contributed by atoms with Crippen LogP contribution in [0.25, 0.3) is 0 Å². The van der Waals surface area contributed by atoms with Crippen molar-refractivity contribution in [2.75, 3.05) is 0 Å². The molecule has 1 aromatic heterocycles. The normalized spacial score (nSPS) is 13.0. The number of pyridine rings is 1. The zero-order valence-electron chi connectivity index (χ0n) is 6.15. The lowest BCUT2D eigenvalue weighted by atomic mass is 10.3. The van der Waals surface area contributed by atoms with E-state index in [1.807, 2.05) is 0 Å². The molecule has 0 spiro atoms. The van der Waals surface area contributed by atoms with E-state index in [2.05, 4.69) is 4.98 Å². The van der Waals surface area contributed by atoms with E-state index in [9.17, 15) is 0 Å². The van der Waals surface area contributed by atoms with E-state index < -0.39 is 8.13 Å². The summed E-state index contributed by atoms with van der Waals surface area (Å²) in [5, 5.41) is 0. The highest BCUT2D eigenvalue weighted by Gasteiger charge is 2.48. The van der Waals surface area contributed by atoms with Crippen LogP contribution >= 0.6 is 58.0 Å². The molecule has 0 atom stereocenters. The van der Waals surface area contributed by atoms with Crippen LogP contribution in [0, 0.1) is 0 Å². The van der Waals surface area contributed by atoms with Gasteiger partial charge >= 0.3 is 0 Å². The SMILES string of the molecule is ClC(Cl)(Cl)C(Cl)(Cl)c1ccccn1. The number of aromatic nitrogens is 1. The summed E-state index contributed by atoms with van der Waals surface area (Å²) in [6.07, 6.45) is 1.52. The van der Waals surface area contributed by atoms with Gasteiger partial charge in [-0.25, -0.2) is 0 Å². The molecule has 0 saturated heterocycles. The fourth-order valence-corrected chi connectivity index (χ4v) is 1.21. The van der Waals surface area contributed by atoms with Crippen LogP contribution in [0.2, 0.25) is 0 Å². The maximum Gasteiger partial charge on any atom is 0.228 e. The summed E-state index contributed by atoms with van der Waals surface area (Å²) in [5.74, 6) is 0. The molecule has 1 heterocycles. The summed E-state index contributed by atoms with van der Waals surface area (Å²) in [5.41, 5.74) is 0.304. The molecule has 1 nitrogen and oxygen atoms in total. The predicted molar refractivity (Wildman–Crippen MR) is 57.9 cm³/mol. The maximum absolute atomic E-state index is 5.84. The first-order valence-corrected chi connectivity index (χ1v) is 5.11. The third kappa shape index (κ3) is 2.54. The second-order valence-electron chi connectivity index (χ2n) is 2.29. The van der Waals surface area contributed by atoms with Crippen molar-refractivity contribution in [1.29, 1.82) is 0 Å². The van der Waals surface area contributed by atoms with Crippen LogP contribution in [0.4, 0.5) is 0 Å². The quantitative estimate of drug-likeness (QED) is 0.706. The molecule has 0 saturated carbocycles. The van der Waals surface area contributed by atoms with Gasteiger partial charge in [0.1, 0.15) is 0 Å². The smallest absolute Gasteiger partial charge is 0.228 e. The summed E-state index contributed by atoms with van der Waals surface area (Å²) in [6, 6.07) is 5.01. The van der Waals surface area contributed by atoms with Crippen LogP contribution < -0.4 is 0 Å². The molecule has 0 N–H and O–H groups in total. The number of hydrogen-bond donors (Lipinski definition) is 0. The van der Waals surface area contributed by atoms with Crippen molar-refractivity contribution in [3.05, 3.63) is 30.1 Å². The van der Waals surface area contributed by atoms with Crippen LogP contribution in [-0.2, 0) is 4.33 Å². The highest BCUT2D eigenvalue weighted by atomic mass is 35.6. The van der Waals surface area contributed by atoms with Crippen molar-refractivity contribution in [2.24, 2.45) is 0 Å². The number of hydrogen-bond acceptors (Lipinski definition) is 1. The molecule has 0 aromatic carbocycles. The molecule has 6 heteroatoms. The van der Waals surface area contributed by atoms with Gasteiger partial charge in [-0.05, 0) is 12.1 Å². The molecular formula is C7H4Cl5N. The molecule has 0 amide bonds. The minimum Gasteiger partial charge on any atom is -0.258 e. The van der Waals surface area contributed by atoms with Gasteiger partial charge in [-0.2, -0.15) is 0 Å². The highest BCUT2D eigenvalue weighted by Crippen LogP contribution is 2.51. The molecule has 13 heavy (non-hydrogen) atoms. The standard InChI is InChI=1S/C7H4Cl5N/c8-6(9,7(10,11)12)5-3-1-2-4-13-5/h1-4H. The average Bonchev–Trinajstić information content (AvgIpc) is 2.04. The third-order valence-corrected chi connectivity index (χ3v) is 3.73. The van der Waals surface area contributed by atoms with E-state index in [1.54, 1.807) is 18.2 Å². The number of nitrogens with zero attached hydrogens (tertiary/aromatic N) is 1. The van der Waals surface area contributed by atoms with Crippen LogP contribution in [0.15, 0.2) is 24.4 Å². The first-order chi connectivity index (χ1) is 5.86. The van der Waals surface area contributed by atoms with E-state index in [0.717, 1.165) is 0 Å². The summed E-state index contributed by atoms with van der Waals surface area (Å²) >= 11 is 28.4. The Morgan fingerprint density at radius 3 is 2.00 bits per heavy atom. The monoisotopic (exact) mass is 277 g/mol. The lowest BCUT2D eigenvalue weighted by Gasteiger charge is -2.26. The number of halogens is 5. The van der Waals surface area contributed by atoms with Gasteiger partial charge in [-0.3, -0.25) is 4.98 Å². The largest absolute Gasteiger partial charge is 0.258 e. The average molecular weight is 279 g/mol. The Balaban J connectivity index is 3.08. The Morgan fingerprint density at radius 1 is 1.00 bits per heavy atom. The molecule has 72 valence electrons. The van der Waals surface area contributed by atoms with Gasteiger partial charge in [0.15, 0.2) is 0 Å². The van der Waals surface area contributed by atoms with Crippen LogP contribution in [0.1, 0.15) is 5.69 Å². The maximum atomic E-state index is 5.84. The summed E-state index contributed by atoms with van der Waals surface area (Å²) in [6.45, 7) is 0. The number of alkyl halides is 5. The minimum atomic E-state index is -1.82. The van der Waals surface area contributed by atoms with Crippen LogP contribution in [0.5, 0.6) is 0 Å². The topological polar surface area (TPSA) is 12.9 Å². The predicted octanol–water partition coefficient (Wildman–Crippen LogP) is 4.08. The van der Waals surface area contributed by atoms with E-state index in [0.29, 0.717) is 5.69 Å². The molecule has 1 rings (SSSR count). The molecule has 0 unspecified atom stereocenters. The van der Waals surface area contributed by atoms with E-state index >= 15 is 0 Å². The first kappa shape index (κ1) is 11.7. The molecule has 0 fully saturated rings. The van der Waals surface area contributed by atoms with Gasteiger partial charge in [0, 0.05) is 6.20 Å². The molecule has 1 aromatic rings. The minimum absolute atomic E-state index is 0.304. The van der Waals surface area contributed by atoms with Gasteiger partial charge in [-0.1, -0.05) is 64.1 Å². The molecule has 0 aliphatic carbocycles. The van der Waals surface area contributed by atoms with Gasteiger partial charge < -0.3 is 0 Å². The Hall–Kier alpha value is 0.600. The zero-order valence-corrected chi connectivity index (χ0v) is 9.93. The second kappa shape index (κ2) is 4.00. The Bertz CT molecular complexity index is 279. The van der Waals surface area contributed by atoms with E-state index in [-0.39, 0.29) is 0 Å². The van der Waals surface area contributed by atoms with Crippen molar-refractivity contribution < 1.29 is 0 Å². The summed E-state index contributed by atoms with van der Waals surface area (Å²) in [4.78, 5) is 3.90. The molecule has 0 bridgehead atoms. The third-order valence-electron chi connectivity index (χ3n) is 1.34. The Morgan fingerprint density at radius 2 is 1.62 bits per heavy atom. The lowest BCUT2D eigenvalue weighted by molar-refractivity contribution is 0.833. The van der Waals surface area contributed by atoms with Crippen molar-refractivity contribution in [2.45, 2.75) is 8.13 Å². The van der Waals surface area contributed by atoms with Crippen molar-refractivity contribution >= 4 is 58.0 Å². The highest BCUT2D eigenvalue weighted by molar-refractivity contribution is 6.75. The van der Waals surface area contributed by atoms with Gasteiger partial charge in [0.05, 0.1) is 5.69 Å². The summed E-state index contributed by atoms with van der Waals surface area (Å²) in [7, 11) is 0. The molecular weight excluding hydrogens is 275 g/mol. The van der Waals surface area contributed by atoms with E-state index in [4.69, 9.17) is 58.0 Å². The van der Waals surface area contributed by atoms with Crippen molar-refractivity contribution in [3.8, 4) is 0 Å². The lowest BCUT2D eigenvalue weighted by Crippen LogP contribution is -2.29. The van der Waals surface area contributed by atoms with Gasteiger partial charge in [0.25, 0.3) is 0 Å². The van der Waals surface area contributed by atoms with Crippen molar-refractivity contribution in [1.82, 2.24) is 4.98 Å².